The minimum absolute atomic E-state index is 0.599. The standard InChI is InChI=1S/C12H19ClSSi/c1-10-5-7-11(8-6-10)14-12(9-13)15(2,3)4/h5-8,12H,9H2,1-4H3. The van der Waals surface area contributed by atoms with Gasteiger partial charge in [0.1, 0.15) is 0 Å². The van der Waals surface area contributed by atoms with E-state index in [1.165, 1.54) is 10.5 Å². The van der Waals surface area contributed by atoms with Gasteiger partial charge < -0.3 is 0 Å². The van der Waals surface area contributed by atoms with E-state index in [4.69, 9.17) is 11.6 Å². The molecule has 0 spiro atoms. The van der Waals surface area contributed by atoms with Crippen molar-refractivity contribution in [1.29, 1.82) is 0 Å². The zero-order valence-corrected chi connectivity index (χ0v) is 12.5. The van der Waals surface area contributed by atoms with Gasteiger partial charge in [-0.15, -0.1) is 23.4 Å². The number of hydrogen-bond donors (Lipinski definition) is 0. The number of halogens is 1. The second-order valence-corrected chi connectivity index (χ2v) is 12.4. The maximum Gasteiger partial charge on any atom is 0.0607 e. The molecule has 84 valence electrons. The van der Waals surface area contributed by atoms with Crippen LogP contribution in [-0.2, 0) is 0 Å². The van der Waals surface area contributed by atoms with Crippen LogP contribution in [0.1, 0.15) is 5.56 Å². The van der Waals surface area contributed by atoms with Crippen molar-refractivity contribution in [3.05, 3.63) is 29.8 Å². The first-order chi connectivity index (χ1) is 6.93. The van der Waals surface area contributed by atoms with E-state index in [9.17, 15) is 0 Å². The van der Waals surface area contributed by atoms with Gasteiger partial charge in [-0.25, -0.2) is 0 Å². The fourth-order valence-corrected chi connectivity index (χ4v) is 5.77. The molecule has 1 atom stereocenters. The number of benzene rings is 1. The molecule has 0 aliphatic rings. The molecule has 0 heterocycles. The smallest absolute Gasteiger partial charge is 0.0607 e. The first-order valence-corrected chi connectivity index (χ1v) is 10.2. The Morgan fingerprint density at radius 3 is 2.13 bits per heavy atom. The van der Waals surface area contributed by atoms with E-state index >= 15 is 0 Å². The lowest BCUT2D eigenvalue weighted by atomic mass is 10.2. The van der Waals surface area contributed by atoms with Crippen LogP contribution in [0.25, 0.3) is 0 Å². The van der Waals surface area contributed by atoms with Crippen molar-refractivity contribution in [3.8, 4) is 0 Å². The van der Waals surface area contributed by atoms with Gasteiger partial charge in [-0.3, -0.25) is 0 Å². The van der Waals surface area contributed by atoms with Gasteiger partial charge in [0, 0.05) is 15.6 Å². The third kappa shape index (κ3) is 4.21. The minimum atomic E-state index is -1.15. The lowest BCUT2D eigenvalue weighted by molar-refractivity contribution is 1.28. The second kappa shape index (κ2) is 5.42. The van der Waals surface area contributed by atoms with Crippen molar-refractivity contribution in [2.45, 2.75) is 36.3 Å². The zero-order chi connectivity index (χ0) is 11.5. The Bertz CT molecular complexity index is 302. The number of aryl methyl sites for hydroxylation is 1. The van der Waals surface area contributed by atoms with Crippen LogP contribution in [0.2, 0.25) is 19.6 Å². The molecule has 0 bridgehead atoms. The van der Waals surface area contributed by atoms with Crippen LogP contribution in [0, 0.1) is 6.92 Å². The summed E-state index contributed by atoms with van der Waals surface area (Å²) in [6, 6.07) is 8.72. The van der Waals surface area contributed by atoms with E-state index in [0.29, 0.717) is 4.87 Å². The van der Waals surface area contributed by atoms with E-state index < -0.39 is 8.07 Å². The van der Waals surface area contributed by atoms with Crippen LogP contribution in [0.3, 0.4) is 0 Å². The maximum absolute atomic E-state index is 6.05. The average Bonchev–Trinajstić information content (AvgIpc) is 2.15. The van der Waals surface area contributed by atoms with Gasteiger partial charge in [0.25, 0.3) is 0 Å². The quantitative estimate of drug-likeness (QED) is 0.433. The molecule has 1 aromatic carbocycles. The van der Waals surface area contributed by atoms with Crippen LogP contribution < -0.4 is 0 Å². The first-order valence-electron chi connectivity index (χ1n) is 5.23. The largest absolute Gasteiger partial charge is 0.126 e. The van der Waals surface area contributed by atoms with Gasteiger partial charge >= 0.3 is 0 Å². The molecule has 15 heavy (non-hydrogen) atoms. The molecular weight excluding hydrogens is 240 g/mol. The Hall–Kier alpha value is 0.0769. The summed E-state index contributed by atoms with van der Waals surface area (Å²) in [5, 5.41) is 0. The fraction of sp³-hybridized carbons (Fsp3) is 0.500. The summed E-state index contributed by atoms with van der Waals surface area (Å²) in [4.78, 5) is 1.94. The number of thioether (sulfide) groups is 1. The Kier molecular flexibility index (Phi) is 4.75. The van der Waals surface area contributed by atoms with E-state index in [-0.39, 0.29) is 0 Å². The van der Waals surface area contributed by atoms with Crippen molar-refractivity contribution in [1.82, 2.24) is 0 Å². The summed E-state index contributed by atoms with van der Waals surface area (Å²) in [5.41, 5.74) is 1.31. The highest BCUT2D eigenvalue weighted by Crippen LogP contribution is 2.30. The Morgan fingerprint density at radius 1 is 1.20 bits per heavy atom. The monoisotopic (exact) mass is 258 g/mol. The SMILES string of the molecule is Cc1ccc(SC(CCl)[Si](C)(C)C)cc1. The van der Waals surface area contributed by atoms with Gasteiger partial charge in [-0.1, -0.05) is 37.3 Å². The summed E-state index contributed by atoms with van der Waals surface area (Å²) >= 11 is 7.98. The molecule has 0 radical (unpaired) electrons. The molecule has 0 aliphatic carbocycles. The molecule has 0 nitrogen and oxygen atoms in total. The lowest BCUT2D eigenvalue weighted by Crippen LogP contribution is -2.36. The number of hydrogen-bond acceptors (Lipinski definition) is 1. The molecule has 3 heteroatoms. The van der Waals surface area contributed by atoms with E-state index in [1.54, 1.807) is 0 Å². The summed E-state index contributed by atoms with van der Waals surface area (Å²) in [5.74, 6) is 0.758. The fourth-order valence-electron chi connectivity index (χ4n) is 1.22. The normalized spacial score (nSPS) is 13.9. The molecule has 1 unspecified atom stereocenters. The van der Waals surface area contributed by atoms with Crippen molar-refractivity contribution in [2.75, 3.05) is 5.88 Å². The van der Waals surface area contributed by atoms with Crippen LogP contribution in [-0.4, -0.2) is 18.8 Å². The Balaban J connectivity index is 2.71. The second-order valence-electron chi connectivity index (χ2n) is 4.94. The van der Waals surface area contributed by atoms with Gasteiger partial charge in [-0.2, -0.15) is 0 Å². The molecule has 0 aromatic heterocycles. The van der Waals surface area contributed by atoms with Crippen molar-refractivity contribution in [3.63, 3.8) is 0 Å². The predicted molar refractivity (Wildman–Crippen MR) is 74.9 cm³/mol. The van der Waals surface area contributed by atoms with Crippen molar-refractivity contribution >= 4 is 31.4 Å². The molecule has 0 saturated carbocycles. The lowest BCUT2D eigenvalue weighted by Gasteiger charge is -2.26. The molecule has 0 aliphatic heterocycles. The Morgan fingerprint density at radius 2 is 1.73 bits per heavy atom. The topological polar surface area (TPSA) is 0 Å². The number of rotatable bonds is 4. The average molecular weight is 259 g/mol. The molecular formula is C12H19ClSSi. The van der Waals surface area contributed by atoms with Crippen molar-refractivity contribution < 1.29 is 0 Å². The first kappa shape index (κ1) is 13.1. The van der Waals surface area contributed by atoms with Crippen molar-refractivity contribution in [2.24, 2.45) is 0 Å². The summed E-state index contributed by atoms with van der Waals surface area (Å²) in [6.45, 7) is 9.25. The minimum Gasteiger partial charge on any atom is -0.126 e. The van der Waals surface area contributed by atoms with Crippen LogP contribution in [0.5, 0.6) is 0 Å². The Labute approximate surface area is 103 Å². The highest BCUT2D eigenvalue weighted by atomic mass is 35.5. The van der Waals surface area contributed by atoms with Gasteiger partial charge in [0.05, 0.1) is 8.07 Å². The third-order valence-electron chi connectivity index (χ3n) is 2.41. The van der Waals surface area contributed by atoms with Gasteiger partial charge in [-0.05, 0) is 19.1 Å². The molecule has 0 saturated heterocycles. The highest BCUT2D eigenvalue weighted by Gasteiger charge is 2.26. The molecule has 0 fully saturated rings. The van der Waals surface area contributed by atoms with Crippen LogP contribution in [0.4, 0.5) is 0 Å². The molecule has 0 N–H and O–H groups in total. The zero-order valence-electron chi connectivity index (χ0n) is 9.88. The number of alkyl halides is 1. The van der Waals surface area contributed by atoms with Crippen LogP contribution >= 0.6 is 23.4 Å². The van der Waals surface area contributed by atoms with Gasteiger partial charge in [0.2, 0.25) is 0 Å². The van der Waals surface area contributed by atoms with E-state index in [2.05, 4.69) is 50.8 Å². The maximum atomic E-state index is 6.05. The summed E-state index contributed by atoms with van der Waals surface area (Å²) < 4.78 is 0. The predicted octanol–water partition coefficient (Wildman–Crippen LogP) is 4.57. The van der Waals surface area contributed by atoms with Gasteiger partial charge in [0.15, 0.2) is 0 Å². The van der Waals surface area contributed by atoms with Crippen LogP contribution in [0.15, 0.2) is 29.2 Å². The highest BCUT2D eigenvalue weighted by molar-refractivity contribution is 8.01. The summed E-state index contributed by atoms with van der Waals surface area (Å²) in [6.07, 6.45) is 0. The van der Waals surface area contributed by atoms with E-state index in [1.807, 2.05) is 11.8 Å². The molecule has 1 rings (SSSR count). The van der Waals surface area contributed by atoms with E-state index in [0.717, 1.165) is 5.88 Å². The third-order valence-corrected chi connectivity index (χ3v) is 8.76. The molecule has 0 amide bonds. The molecule has 1 aromatic rings. The summed E-state index contributed by atoms with van der Waals surface area (Å²) in [7, 11) is -1.15.